The Hall–Kier alpha value is -2.41. The molecule has 1 fully saturated rings. The van der Waals surface area contributed by atoms with Crippen molar-refractivity contribution in [3.05, 3.63) is 65.2 Å². The highest BCUT2D eigenvalue weighted by molar-refractivity contribution is 5.51. The molecule has 1 unspecified atom stereocenters. The first-order valence-corrected chi connectivity index (χ1v) is 8.13. The van der Waals surface area contributed by atoms with Crippen molar-refractivity contribution in [1.29, 1.82) is 5.26 Å². The summed E-state index contributed by atoms with van der Waals surface area (Å²) in [4.78, 5) is 1.67. The van der Waals surface area contributed by atoms with Crippen LogP contribution in [0.25, 0.3) is 0 Å². The second-order valence-corrected chi connectivity index (χ2v) is 6.47. The van der Waals surface area contributed by atoms with Gasteiger partial charge in [-0.3, -0.25) is 0 Å². The molecule has 0 aromatic heterocycles. The Morgan fingerprint density at radius 3 is 2.54 bits per heavy atom. The molecular formula is C20H20F2N2. The van der Waals surface area contributed by atoms with Crippen LogP contribution in [0, 0.1) is 18.3 Å². The fourth-order valence-electron chi connectivity index (χ4n) is 3.32. The van der Waals surface area contributed by atoms with Gasteiger partial charge in [0, 0.05) is 18.2 Å². The number of aryl methyl sites for hydroxylation is 1. The summed E-state index contributed by atoms with van der Waals surface area (Å²) in [6, 6.07) is 17.6. The van der Waals surface area contributed by atoms with E-state index in [1.165, 1.54) is 11.1 Å². The maximum Gasteiger partial charge on any atom is 0.267 e. The molecule has 2 aromatic carbocycles. The van der Waals surface area contributed by atoms with Gasteiger partial charge in [0.15, 0.2) is 0 Å². The number of hydrogen-bond donors (Lipinski definition) is 0. The van der Waals surface area contributed by atoms with E-state index < -0.39 is 12.0 Å². The molecule has 0 spiro atoms. The van der Waals surface area contributed by atoms with Crippen molar-refractivity contribution < 1.29 is 8.78 Å². The Kier molecular flexibility index (Phi) is 4.53. The average Bonchev–Trinajstić information content (AvgIpc) is 2.85. The molecule has 3 rings (SSSR count). The van der Waals surface area contributed by atoms with Gasteiger partial charge in [-0.2, -0.15) is 5.26 Å². The summed E-state index contributed by atoms with van der Waals surface area (Å²) in [5, 5.41) is 8.87. The summed E-state index contributed by atoms with van der Waals surface area (Å²) >= 11 is 0. The summed E-state index contributed by atoms with van der Waals surface area (Å²) in [5.74, 6) is -2.72. The van der Waals surface area contributed by atoms with Crippen LogP contribution in [0.3, 0.4) is 0 Å². The molecule has 0 N–H and O–H groups in total. The number of hydrogen-bond acceptors (Lipinski definition) is 2. The second kappa shape index (κ2) is 6.60. The quantitative estimate of drug-likeness (QED) is 0.813. The average molecular weight is 326 g/mol. The minimum absolute atomic E-state index is 0.126. The third kappa shape index (κ3) is 3.56. The molecule has 1 saturated heterocycles. The van der Waals surface area contributed by atoms with Crippen LogP contribution < -0.4 is 4.90 Å². The Balaban J connectivity index is 1.77. The normalized spacial score (nSPS) is 19.2. The molecule has 0 saturated carbocycles. The predicted octanol–water partition coefficient (Wildman–Crippen LogP) is 4.71. The van der Waals surface area contributed by atoms with Gasteiger partial charge in [0.05, 0.1) is 19.0 Å². The van der Waals surface area contributed by atoms with Crippen LogP contribution in [0.5, 0.6) is 0 Å². The van der Waals surface area contributed by atoms with E-state index in [2.05, 4.69) is 19.1 Å². The van der Waals surface area contributed by atoms with Gasteiger partial charge in [-0.15, -0.1) is 0 Å². The molecule has 1 atom stereocenters. The van der Waals surface area contributed by atoms with E-state index in [9.17, 15) is 8.78 Å². The number of nitrogens with zero attached hydrogens (tertiary/aromatic N) is 2. The fraction of sp³-hybridized carbons (Fsp3) is 0.350. The second-order valence-electron chi connectivity index (χ2n) is 6.47. The number of alkyl halides is 2. The monoisotopic (exact) mass is 326 g/mol. The van der Waals surface area contributed by atoms with Crippen LogP contribution in [0.2, 0.25) is 0 Å². The SMILES string of the molecule is Cc1ccccc1Cc1ccc(N2CC(F)(F)CC2CC#N)cc1. The first-order valence-electron chi connectivity index (χ1n) is 8.13. The molecule has 0 bridgehead atoms. The standard InChI is InChI=1S/C20H20F2N2/c1-15-4-2-3-5-17(15)12-16-6-8-18(9-7-16)24-14-20(21,22)13-19(24)10-11-23/h2-9,19H,10,12-14H2,1H3. The number of anilines is 1. The lowest BCUT2D eigenvalue weighted by molar-refractivity contribution is 0.0225. The zero-order valence-corrected chi connectivity index (χ0v) is 13.7. The molecule has 24 heavy (non-hydrogen) atoms. The number of benzene rings is 2. The Bertz CT molecular complexity index is 747. The molecule has 2 nitrogen and oxygen atoms in total. The largest absolute Gasteiger partial charge is 0.361 e. The van der Waals surface area contributed by atoms with Gasteiger partial charge in [-0.05, 0) is 42.2 Å². The van der Waals surface area contributed by atoms with Gasteiger partial charge in [-0.1, -0.05) is 36.4 Å². The van der Waals surface area contributed by atoms with Crippen molar-refractivity contribution in [3.63, 3.8) is 0 Å². The molecule has 2 aromatic rings. The lowest BCUT2D eigenvalue weighted by Gasteiger charge is -2.24. The van der Waals surface area contributed by atoms with Crippen LogP contribution in [-0.2, 0) is 6.42 Å². The highest BCUT2D eigenvalue weighted by atomic mass is 19.3. The molecule has 0 radical (unpaired) electrons. The Labute approximate surface area is 141 Å². The summed E-state index contributed by atoms with van der Waals surface area (Å²) < 4.78 is 27.4. The van der Waals surface area contributed by atoms with Crippen LogP contribution >= 0.6 is 0 Å². The molecule has 1 aliphatic rings. The first kappa shape index (κ1) is 16.4. The van der Waals surface area contributed by atoms with Gasteiger partial charge in [0.2, 0.25) is 0 Å². The summed E-state index contributed by atoms with van der Waals surface area (Å²) in [7, 11) is 0. The van der Waals surface area contributed by atoms with Gasteiger partial charge >= 0.3 is 0 Å². The molecule has 1 aliphatic heterocycles. The summed E-state index contributed by atoms with van der Waals surface area (Å²) in [6.45, 7) is 1.78. The number of halogens is 2. The van der Waals surface area contributed by atoms with E-state index in [0.29, 0.717) is 0 Å². The molecule has 124 valence electrons. The van der Waals surface area contributed by atoms with Crippen LogP contribution in [0.1, 0.15) is 29.5 Å². The Morgan fingerprint density at radius 1 is 1.17 bits per heavy atom. The van der Waals surface area contributed by atoms with Crippen molar-refractivity contribution >= 4 is 5.69 Å². The van der Waals surface area contributed by atoms with Crippen molar-refractivity contribution in [1.82, 2.24) is 0 Å². The molecule has 4 heteroatoms. The van der Waals surface area contributed by atoms with E-state index >= 15 is 0 Å². The smallest absolute Gasteiger partial charge is 0.267 e. The van der Waals surface area contributed by atoms with Crippen molar-refractivity contribution in [2.45, 2.75) is 38.2 Å². The van der Waals surface area contributed by atoms with Crippen molar-refractivity contribution in [3.8, 4) is 6.07 Å². The van der Waals surface area contributed by atoms with Gasteiger partial charge in [-0.25, -0.2) is 8.78 Å². The lowest BCUT2D eigenvalue weighted by Crippen LogP contribution is -2.30. The molecular weight excluding hydrogens is 306 g/mol. The first-order chi connectivity index (χ1) is 11.5. The van der Waals surface area contributed by atoms with Crippen LogP contribution in [0.15, 0.2) is 48.5 Å². The highest BCUT2D eigenvalue weighted by Gasteiger charge is 2.44. The van der Waals surface area contributed by atoms with E-state index in [0.717, 1.165) is 17.7 Å². The van der Waals surface area contributed by atoms with E-state index in [1.807, 2.05) is 42.5 Å². The summed E-state index contributed by atoms with van der Waals surface area (Å²) in [5.41, 5.74) is 4.42. The van der Waals surface area contributed by atoms with Crippen LogP contribution in [-0.4, -0.2) is 18.5 Å². The third-order valence-corrected chi connectivity index (χ3v) is 4.63. The molecule has 0 aliphatic carbocycles. The zero-order valence-electron chi connectivity index (χ0n) is 13.7. The number of nitriles is 1. The highest BCUT2D eigenvalue weighted by Crippen LogP contribution is 2.36. The van der Waals surface area contributed by atoms with Crippen molar-refractivity contribution in [2.24, 2.45) is 0 Å². The fourth-order valence-corrected chi connectivity index (χ4v) is 3.32. The molecule has 1 heterocycles. The van der Waals surface area contributed by atoms with Crippen LogP contribution in [0.4, 0.5) is 14.5 Å². The minimum Gasteiger partial charge on any atom is -0.361 e. The maximum absolute atomic E-state index is 13.7. The zero-order chi connectivity index (χ0) is 17.2. The Morgan fingerprint density at radius 2 is 1.88 bits per heavy atom. The predicted molar refractivity (Wildman–Crippen MR) is 91.4 cm³/mol. The van der Waals surface area contributed by atoms with E-state index in [-0.39, 0.29) is 19.4 Å². The topological polar surface area (TPSA) is 27.0 Å². The lowest BCUT2D eigenvalue weighted by atomic mass is 10.0. The van der Waals surface area contributed by atoms with E-state index in [1.54, 1.807) is 4.90 Å². The van der Waals surface area contributed by atoms with Gasteiger partial charge in [0.25, 0.3) is 5.92 Å². The maximum atomic E-state index is 13.7. The summed E-state index contributed by atoms with van der Waals surface area (Å²) in [6.07, 6.45) is 0.705. The van der Waals surface area contributed by atoms with Gasteiger partial charge < -0.3 is 4.90 Å². The van der Waals surface area contributed by atoms with E-state index in [4.69, 9.17) is 5.26 Å². The van der Waals surface area contributed by atoms with Gasteiger partial charge in [0.1, 0.15) is 0 Å². The molecule has 0 amide bonds. The number of rotatable bonds is 4. The minimum atomic E-state index is -2.72. The third-order valence-electron chi connectivity index (χ3n) is 4.63. The van der Waals surface area contributed by atoms with Crippen molar-refractivity contribution in [2.75, 3.05) is 11.4 Å².